The predicted octanol–water partition coefficient (Wildman–Crippen LogP) is 4.32. The molecule has 1 aromatic heterocycles. The summed E-state index contributed by atoms with van der Waals surface area (Å²) < 4.78 is 0. The van der Waals surface area contributed by atoms with Crippen molar-refractivity contribution in [3.8, 4) is 0 Å². The number of hydrogen-bond acceptors (Lipinski definition) is 2. The molecule has 104 valence electrons. The topological polar surface area (TPSA) is 24.9 Å². The first kappa shape index (κ1) is 14.3. The van der Waals surface area contributed by atoms with Gasteiger partial charge in [-0.2, -0.15) is 0 Å². The molecule has 0 amide bonds. The van der Waals surface area contributed by atoms with E-state index in [4.69, 9.17) is 0 Å². The summed E-state index contributed by atoms with van der Waals surface area (Å²) >= 11 is 0. The molecule has 19 heavy (non-hydrogen) atoms. The van der Waals surface area contributed by atoms with Crippen LogP contribution in [-0.2, 0) is 0 Å². The van der Waals surface area contributed by atoms with Crippen molar-refractivity contribution in [1.82, 2.24) is 10.3 Å². The molecule has 1 aliphatic rings. The minimum atomic E-state index is 0.367. The second kappa shape index (κ2) is 7.44. The lowest BCUT2D eigenvalue weighted by atomic mass is 9.96. The van der Waals surface area contributed by atoms with Gasteiger partial charge in [0.25, 0.3) is 0 Å². The van der Waals surface area contributed by atoms with E-state index in [-0.39, 0.29) is 0 Å². The lowest BCUT2D eigenvalue weighted by Gasteiger charge is -2.22. The zero-order valence-corrected chi connectivity index (χ0v) is 12.3. The lowest BCUT2D eigenvalue weighted by molar-refractivity contribution is 0.565. The van der Waals surface area contributed by atoms with Crippen molar-refractivity contribution in [2.45, 2.75) is 58.4 Å². The Labute approximate surface area is 117 Å². The molecule has 1 aromatic rings. The van der Waals surface area contributed by atoms with Gasteiger partial charge in [-0.05, 0) is 57.2 Å². The van der Waals surface area contributed by atoms with E-state index in [0.29, 0.717) is 6.04 Å². The summed E-state index contributed by atoms with van der Waals surface area (Å²) in [5.41, 5.74) is 3.97. The van der Waals surface area contributed by atoms with Gasteiger partial charge in [0.2, 0.25) is 0 Å². The van der Waals surface area contributed by atoms with Crippen molar-refractivity contribution in [3.63, 3.8) is 0 Å². The Hall–Kier alpha value is -1.15. The number of rotatable bonds is 5. The molecule has 0 saturated carbocycles. The SMILES string of the molecule is CCCNC(C1=CCCCCC1)c1ccc(C)nc1. The summed E-state index contributed by atoms with van der Waals surface area (Å²) in [6.07, 6.45) is 12.2. The summed E-state index contributed by atoms with van der Waals surface area (Å²) in [6, 6.07) is 4.71. The largest absolute Gasteiger partial charge is 0.306 e. The van der Waals surface area contributed by atoms with Crippen LogP contribution in [0.4, 0.5) is 0 Å². The molecule has 0 aromatic carbocycles. The van der Waals surface area contributed by atoms with E-state index in [0.717, 1.165) is 12.2 Å². The molecule has 0 saturated heterocycles. The monoisotopic (exact) mass is 258 g/mol. The number of pyridine rings is 1. The van der Waals surface area contributed by atoms with E-state index in [1.54, 1.807) is 5.57 Å². The third-order valence-corrected chi connectivity index (χ3v) is 3.81. The van der Waals surface area contributed by atoms with Crippen LogP contribution in [-0.4, -0.2) is 11.5 Å². The van der Waals surface area contributed by atoms with Gasteiger partial charge < -0.3 is 5.32 Å². The maximum absolute atomic E-state index is 4.46. The molecular weight excluding hydrogens is 232 g/mol. The molecule has 1 aliphatic carbocycles. The highest BCUT2D eigenvalue weighted by Crippen LogP contribution is 2.29. The Morgan fingerprint density at radius 1 is 1.26 bits per heavy atom. The normalized spacial score (nSPS) is 17.7. The Kier molecular flexibility index (Phi) is 5.59. The summed E-state index contributed by atoms with van der Waals surface area (Å²) in [6.45, 7) is 5.33. The standard InChI is InChI=1S/C17H26N2/c1-3-12-18-17(15-8-6-4-5-7-9-15)16-11-10-14(2)19-13-16/h8,10-11,13,17-18H,3-7,9,12H2,1-2H3. The number of aromatic nitrogens is 1. The Bertz CT molecular complexity index is 406. The molecule has 0 bridgehead atoms. The van der Waals surface area contributed by atoms with Crippen LogP contribution in [0.2, 0.25) is 0 Å². The number of hydrogen-bond donors (Lipinski definition) is 1. The second-order valence-corrected chi connectivity index (χ2v) is 5.50. The van der Waals surface area contributed by atoms with E-state index in [2.05, 4.69) is 35.4 Å². The van der Waals surface area contributed by atoms with Crippen LogP contribution in [0, 0.1) is 6.92 Å². The fourth-order valence-electron chi connectivity index (χ4n) is 2.70. The van der Waals surface area contributed by atoms with Gasteiger partial charge in [0, 0.05) is 11.9 Å². The van der Waals surface area contributed by atoms with Crippen molar-refractivity contribution >= 4 is 0 Å². The average molecular weight is 258 g/mol. The maximum Gasteiger partial charge on any atom is 0.0551 e. The van der Waals surface area contributed by atoms with Crippen LogP contribution in [0.1, 0.15) is 62.7 Å². The quantitative estimate of drug-likeness (QED) is 0.796. The van der Waals surface area contributed by atoms with Gasteiger partial charge in [0.05, 0.1) is 6.04 Å². The van der Waals surface area contributed by atoms with Crippen LogP contribution in [0.3, 0.4) is 0 Å². The Morgan fingerprint density at radius 3 is 2.89 bits per heavy atom. The molecule has 0 aliphatic heterocycles. The highest BCUT2D eigenvalue weighted by molar-refractivity contribution is 5.27. The van der Waals surface area contributed by atoms with Crippen LogP contribution in [0.5, 0.6) is 0 Å². The molecule has 1 heterocycles. The summed E-state index contributed by atoms with van der Waals surface area (Å²) in [7, 11) is 0. The van der Waals surface area contributed by atoms with Gasteiger partial charge in [-0.3, -0.25) is 4.98 Å². The van der Waals surface area contributed by atoms with E-state index in [9.17, 15) is 0 Å². The van der Waals surface area contributed by atoms with Crippen molar-refractivity contribution in [2.75, 3.05) is 6.54 Å². The van der Waals surface area contributed by atoms with E-state index in [1.165, 1.54) is 44.1 Å². The zero-order valence-electron chi connectivity index (χ0n) is 12.3. The highest BCUT2D eigenvalue weighted by atomic mass is 14.9. The Balaban J connectivity index is 2.18. The van der Waals surface area contributed by atoms with Crippen LogP contribution >= 0.6 is 0 Å². The fraction of sp³-hybridized carbons (Fsp3) is 0.588. The molecule has 1 unspecified atom stereocenters. The predicted molar refractivity (Wildman–Crippen MR) is 81.2 cm³/mol. The summed E-state index contributed by atoms with van der Waals surface area (Å²) in [5.74, 6) is 0. The van der Waals surface area contributed by atoms with Crippen molar-refractivity contribution in [3.05, 3.63) is 41.2 Å². The van der Waals surface area contributed by atoms with Gasteiger partial charge in [-0.25, -0.2) is 0 Å². The third-order valence-electron chi connectivity index (χ3n) is 3.81. The number of nitrogens with one attached hydrogen (secondary N) is 1. The highest BCUT2D eigenvalue weighted by Gasteiger charge is 2.17. The van der Waals surface area contributed by atoms with Crippen LogP contribution in [0.15, 0.2) is 30.0 Å². The maximum atomic E-state index is 4.46. The first-order valence-corrected chi connectivity index (χ1v) is 7.66. The van der Waals surface area contributed by atoms with Gasteiger partial charge in [-0.15, -0.1) is 0 Å². The van der Waals surface area contributed by atoms with Gasteiger partial charge >= 0.3 is 0 Å². The second-order valence-electron chi connectivity index (χ2n) is 5.50. The Morgan fingerprint density at radius 2 is 2.16 bits per heavy atom. The molecule has 0 radical (unpaired) electrons. The van der Waals surface area contributed by atoms with Crippen molar-refractivity contribution < 1.29 is 0 Å². The number of nitrogens with zero attached hydrogens (tertiary/aromatic N) is 1. The van der Waals surface area contributed by atoms with Gasteiger partial charge in [0.1, 0.15) is 0 Å². The van der Waals surface area contributed by atoms with Crippen LogP contribution < -0.4 is 5.32 Å². The molecular formula is C17H26N2. The molecule has 0 fully saturated rings. The first-order valence-electron chi connectivity index (χ1n) is 7.66. The lowest BCUT2D eigenvalue weighted by Crippen LogP contribution is -2.24. The van der Waals surface area contributed by atoms with Gasteiger partial charge in [0.15, 0.2) is 0 Å². The average Bonchev–Trinajstić information content (AvgIpc) is 2.70. The third kappa shape index (κ3) is 4.17. The van der Waals surface area contributed by atoms with Crippen molar-refractivity contribution in [2.24, 2.45) is 0 Å². The van der Waals surface area contributed by atoms with Crippen LogP contribution in [0.25, 0.3) is 0 Å². The van der Waals surface area contributed by atoms with E-state index < -0.39 is 0 Å². The molecule has 0 spiro atoms. The fourth-order valence-corrected chi connectivity index (χ4v) is 2.70. The molecule has 2 heteroatoms. The molecule has 2 nitrogen and oxygen atoms in total. The molecule has 1 atom stereocenters. The minimum Gasteiger partial charge on any atom is -0.306 e. The minimum absolute atomic E-state index is 0.367. The zero-order chi connectivity index (χ0) is 13.5. The summed E-state index contributed by atoms with van der Waals surface area (Å²) in [5, 5.41) is 3.69. The van der Waals surface area contributed by atoms with Crippen molar-refractivity contribution in [1.29, 1.82) is 0 Å². The summed E-state index contributed by atoms with van der Waals surface area (Å²) in [4.78, 5) is 4.46. The first-order chi connectivity index (χ1) is 9.31. The van der Waals surface area contributed by atoms with E-state index in [1.807, 2.05) is 13.1 Å². The number of allylic oxidation sites excluding steroid dienone is 1. The number of aryl methyl sites for hydroxylation is 1. The van der Waals surface area contributed by atoms with Gasteiger partial charge in [-0.1, -0.05) is 31.1 Å². The molecule has 2 rings (SSSR count). The molecule has 1 N–H and O–H groups in total. The van der Waals surface area contributed by atoms with E-state index >= 15 is 0 Å². The smallest absolute Gasteiger partial charge is 0.0551 e.